The van der Waals surface area contributed by atoms with Gasteiger partial charge in [0.05, 0.1) is 6.61 Å². The number of carbonyl (C=O) groups excluding carboxylic acids is 2. The van der Waals surface area contributed by atoms with E-state index in [1.54, 1.807) is 21.9 Å². The van der Waals surface area contributed by atoms with Crippen molar-refractivity contribution in [2.45, 2.75) is 50.6 Å². The van der Waals surface area contributed by atoms with E-state index in [0.29, 0.717) is 44.1 Å². The van der Waals surface area contributed by atoms with E-state index in [2.05, 4.69) is 0 Å². The van der Waals surface area contributed by atoms with Gasteiger partial charge in [0.25, 0.3) is 0 Å². The molecule has 0 saturated carbocycles. The molecule has 34 heavy (non-hydrogen) atoms. The fourth-order valence-electron chi connectivity index (χ4n) is 4.72. The van der Waals surface area contributed by atoms with Crippen molar-refractivity contribution in [1.29, 1.82) is 0 Å². The first kappa shape index (κ1) is 24.1. The van der Waals surface area contributed by atoms with Crippen LogP contribution in [0.25, 0.3) is 0 Å². The Hall–Kier alpha value is -3.06. The number of carboxylic acid groups (broad SMARTS) is 1. The van der Waals surface area contributed by atoms with Gasteiger partial charge in [-0.3, -0.25) is 14.4 Å². The maximum Gasteiger partial charge on any atom is 0.303 e. The van der Waals surface area contributed by atoms with Gasteiger partial charge in [0.1, 0.15) is 11.3 Å². The zero-order chi connectivity index (χ0) is 24.3. The number of para-hydroxylation sites is 1. The minimum Gasteiger partial charge on any atom is -0.493 e. The van der Waals surface area contributed by atoms with Crippen LogP contribution in [0.5, 0.6) is 5.75 Å². The Morgan fingerprint density at radius 1 is 1.18 bits per heavy atom. The number of hydrogen-bond donors (Lipinski definition) is 1. The lowest BCUT2D eigenvalue weighted by molar-refractivity contribution is -0.164. The van der Waals surface area contributed by atoms with Crippen molar-refractivity contribution in [1.82, 2.24) is 9.80 Å². The predicted octanol–water partition coefficient (Wildman–Crippen LogP) is 4.09. The van der Waals surface area contributed by atoms with Gasteiger partial charge >= 0.3 is 5.97 Å². The fraction of sp³-hybridized carbons (Fsp3) is 0.423. The molecular formula is C26H29ClN2O5. The van der Waals surface area contributed by atoms with E-state index in [1.165, 1.54) is 0 Å². The first-order chi connectivity index (χ1) is 16.3. The van der Waals surface area contributed by atoms with Crippen molar-refractivity contribution in [3.05, 3.63) is 64.7 Å². The average Bonchev–Trinajstić information content (AvgIpc) is 3.20. The van der Waals surface area contributed by atoms with Crippen molar-refractivity contribution >= 4 is 29.4 Å². The number of carbonyl (C=O) groups is 3. The van der Waals surface area contributed by atoms with Crippen LogP contribution in [0.4, 0.5) is 0 Å². The summed E-state index contributed by atoms with van der Waals surface area (Å²) in [4.78, 5) is 41.3. The predicted molar refractivity (Wildman–Crippen MR) is 128 cm³/mol. The molecule has 7 nitrogen and oxygen atoms in total. The zero-order valence-electron chi connectivity index (χ0n) is 19.2. The Bertz CT molecular complexity index is 1070. The first-order valence-electron chi connectivity index (χ1n) is 11.6. The second kappa shape index (κ2) is 10.1. The summed E-state index contributed by atoms with van der Waals surface area (Å²) < 4.78 is 5.72. The van der Waals surface area contributed by atoms with Crippen LogP contribution in [-0.2, 0) is 20.9 Å². The number of halogens is 1. The van der Waals surface area contributed by atoms with Gasteiger partial charge in [-0.1, -0.05) is 41.9 Å². The lowest BCUT2D eigenvalue weighted by Crippen LogP contribution is -2.67. The molecule has 0 bridgehead atoms. The molecule has 1 N–H and O–H groups in total. The van der Waals surface area contributed by atoms with Gasteiger partial charge in [0.15, 0.2) is 0 Å². The van der Waals surface area contributed by atoms with E-state index in [9.17, 15) is 14.4 Å². The summed E-state index contributed by atoms with van der Waals surface area (Å²) in [5.74, 6) is -0.329. The van der Waals surface area contributed by atoms with Gasteiger partial charge in [-0.2, -0.15) is 0 Å². The number of rotatable bonds is 9. The van der Waals surface area contributed by atoms with Crippen LogP contribution >= 0.6 is 11.6 Å². The SMILES string of the molecule is CC1(C(=O)N(CCCC(=O)O)Cc2ccc(Cl)cc2)CCN1C(=O)CC1COc2ccccc21. The highest BCUT2D eigenvalue weighted by Crippen LogP contribution is 2.39. The smallest absolute Gasteiger partial charge is 0.303 e. The maximum atomic E-state index is 13.7. The van der Waals surface area contributed by atoms with E-state index in [4.69, 9.17) is 21.4 Å². The normalized spacial score (nSPS) is 20.8. The number of benzene rings is 2. The molecule has 0 aromatic heterocycles. The van der Waals surface area contributed by atoms with Crippen molar-refractivity contribution in [3.63, 3.8) is 0 Å². The summed E-state index contributed by atoms with van der Waals surface area (Å²) in [5.41, 5.74) is 0.988. The van der Waals surface area contributed by atoms with Gasteiger partial charge in [0.2, 0.25) is 11.8 Å². The Kier molecular flexibility index (Phi) is 7.12. The highest BCUT2D eigenvalue weighted by Gasteiger charge is 2.51. The summed E-state index contributed by atoms with van der Waals surface area (Å²) in [7, 11) is 0. The number of ether oxygens (including phenoxy) is 1. The summed E-state index contributed by atoms with van der Waals surface area (Å²) >= 11 is 5.99. The first-order valence-corrected chi connectivity index (χ1v) is 11.9. The molecule has 1 fully saturated rings. The molecule has 2 amide bonds. The van der Waals surface area contributed by atoms with Crippen molar-refractivity contribution in [2.24, 2.45) is 0 Å². The molecule has 180 valence electrons. The monoisotopic (exact) mass is 484 g/mol. The number of aliphatic carboxylic acids is 1. The minimum atomic E-state index is -0.939. The summed E-state index contributed by atoms with van der Waals surface area (Å²) in [6.45, 7) is 3.43. The standard InChI is InChI=1S/C26H29ClN2O5/c1-26(12-14-29(26)23(30)15-19-17-34-22-6-3-2-5-21(19)22)25(33)28(13-4-7-24(31)32)16-18-8-10-20(27)11-9-18/h2-3,5-6,8-11,19H,4,7,12-17H2,1H3,(H,31,32). The van der Waals surface area contributed by atoms with Gasteiger partial charge in [0, 0.05) is 49.0 Å². The number of hydrogen-bond acceptors (Lipinski definition) is 4. The second-order valence-electron chi connectivity index (χ2n) is 9.17. The number of amides is 2. The van der Waals surface area contributed by atoms with Crippen LogP contribution in [0, 0.1) is 0 Å². The molecule has 2 aromatic carbocycles. The lowest BCUT2D eigenvalue weighted by atomic mass is 9.83. The fourth-order valence-corrected chi connectivity index (χ4v) is 4.85. The van der Waals surface area contributed by atoms with Gasteiger partial charge < -0.3 is 19.6 Å². The molecule has 0 spiro atoms. The lowest BCUT2D eigenvalue weighted by Gasteiger charge is -2.51. The quantitative estimate of drug-likeness (QED) is 0.579. The molecule has 1 saturated heterocycles. The molecule has 0 aliphatic carbocycles. The Morgan fingerprint density at radius 3 is 2.59 bits per heavy atom. The number of likely N-dealkylation sites (tertiary alicyclic amines) is 1. The van der Waals surface area contributed by atoms with E-state index >= 15 is 0 Å². The van der Waals surface area contributed by atoms with Crippen molar-refractivity contribution in [2.75, 3.05) is 19.7 Å². The molecule has 2 aromatic rings. The van der Waals surface area contributed by atoms with Crippen LogP contribution < -0.4 is 4.74 Å². The molecule has 2 aliphatic rings. The highest BCUT2D eigenvalue weighted by molar-refractivity contribution is 6.30. The van der Waals surface area contributed by atoms with Gasteiger partial charge in [-0.05, 0) is 43.5 Å². The van der Waals surface area contributed by atoms with Crippen LogP contribution in [0.15, 0.2) is 48.5 Å². The molecule has 2 heterocycles. The average molecular weight is 485 g/mol. The van der Waals surface area contributed by atoms with E-state index in [0.717, 1.165) is 16.9 Å². The van der Waals surface area contributed by atoms with Gasteiger partial charge in [-0.15, -0.1) is 0 Å². The summed E-state index contributed by atoms with van der Waals surface area (Å²) in [5, 5.41) is 9.65. The van der Waals surface area contributed by atoms with E-state index in [1.807, 2.05) is 43.3 Å². The third-order valence-corrected chi connectivity index (χ3v) is 7.04. The Morgan fingerprint density at radius 2 is 1.91 bits per heavy atom. The molecular weight excluding hydrogens is 456 g/mol. The number of nitrogens with zero attached hydrogens (tertiary/aromatic N) is 2. The third kappa shape index (κ3) is 5.04. The molecule has 0 radical (unpaired) electrons. The van der Waals surface area contributed by atoms with Crippen LogP contribution in [-0.4, -0.2) is 57.9 Å². The molecule has 2 unspecified atom stereocenters. The molecule has 8 heteroatoms. The molecule has 4 rings (SSSR count). The van der Waals surface area contributed by atoms with Crippen LogP contribution in [0.2, 0.25) is 5.02 Å². The molecule has 2 atom stereocenters. The number of fused-ring (bicyclic) bond motifs is 1. The Labute approximate surface area is 204 Å². The largest absolute Gasteiger partial charge is 0.493 e. The summed E-state index contributed by atoms with van der Waals surface area (Å²) in [6, 6.07) is 15.0. The third-order valence-electron chi connectivity index (χ3n) is 6.79. The van der Waals surface area contributed by atoms with Gasteiger partial charge in [-0.25, -0.2) is 0 Å². The molecule has 2 aliphatic heterocycles. The van der Waals surface area contributed by atoms with E-state index in [-0.39, 0.29) is 30.6 Å². The van der Waals surface area contributed by atoms with Crippen molar-refractivity contribution < 1.29 is 24.2 Å². The summed E-state index contributed by atoms with van der Waals surface area (Å²) in [6.07, 6.45) is 1.18. The van der Waals surface area contributed by atoms with Crippen LogP contribution in [0.3, 0.4) is 0 Å². The minimum absolute atomic E-state index is 0.0230. The van der Waals surface area contributed by atoms with Crippen LogP contribution in [0.1, 0.15) is 49.7 Å². The second-order valence-corrected chi connectivity index (χ2v) is 9.61. The Balaban J connectivity index is 1.46. The topological polar surface area (TPSA) is 87.2 Å². The van der Waals surface area contributed by atoms with E-state index < -0.39 is 11.5 Å². The number of carboxylic acids is 1. The highest BCUT2D eigenvalue weighted by atomic mass is 35.5. The maximum absolute atomic E-state index is 13.7. The van der Waals surface area contributed by atoms with Crippen molar-refractivity contribution in [3.8, 4) is 5.75 Å². The zero-order valence-corrected chi connectivity index (χ0v) is 20.0.